The lowest BCUT2D eigenvalue weighted by Crippen LogP contribution is -2.33. The van der Waals surface area contributed by atoms with Crippen LogP contribution >= 0.6 is 0 Å². The molecule has 0 saturated carbocycles. The van der Waals surface area contributed by atoms with E-state index >= 15 is 0 Å². The van der Waals surface area contributed by atoms with Crippen LogP contribution in [-0.4, -0.2) is 45.5 Å². The Labute approximate surface area is 114 Å². The zero-order valence-electron chi connectivity index (χ0n) is 11.3. The molecule has 0 aromatic heterocycles. The summed E-state index contributed by atoms with van der Waals surface area (Å²) in [5.74, 6) is 0.691. The third kappa shape index (κ3) is 3.08. The number of benzene rings is 1. The molecule has 1 aromatic carbocycles. The highest BCUT2D eigenvalue weighted by atomic mass is 32.2. The van der Waals surface area contributed by atoms with Gasteiger partial charge in [0.2, 0.25) is 10.0 Å². The van der Waals surface area contributed by atoms with Crippen LogP contribution in [0.3, 0.4) is 0 Å². The predicted octanol–water partition coefficient (Wildman–Crippen LogP) is 1.07. The number of sulfonamides is 1. The number of hydrogen-bond acceptors (Lipinski definition) is 4. The van der Waals surface area contributed by atoms with E-state index in [-0.39, 0.29) is 6.04 Å². The van der Waals surface area contributed by atoms with Gasteiger partial charge in [0.15, 0.2) is 0 Å². The standard InChI is InChI=1S/C13H20N2O3S/c1-3-18-12-4-6-13(7-5-12)19(16,17)15-9-8-11(10-15)14-2/h4-7,11,14H,3,8-10H2,1-2H3. The van der Waals surface area contributed by atoms with E-state index in [0.29, 0.717) is 30.3 Å². The summed E-state index contributed by atoms with van der Waals surface area (Å²) in [7, 11) is -1.52. The van der Waals surface area contributed by atoms with Crippen LogP contribution in [0.5, 0.6) is 5.75 Å². The fourth-order valence-electron chi connectivity index (χ4n) is 2.21. The Kier molecular flexibility index (Phi) is 4.44. The van der Waals surface area contributed by atoms with Gasteiger partial charge in [-0.3, -0.25) is 0 Å². The molecular weight excluding hydrogens is 264 g/mol. The predicted molar refractivity (Wildman–Crippen MR) is 73.8 cm³/mol. The van der Waals surface area contributed by atoms with Crippen molar-refractivity contribution >= 4 is 10.0 Å². The summed E-state index contributed by atoms with van der Waals surface area (Å²) in [6.07, 6.45) is 0.854. The molecule has 0 spiro atoms. The van der Waals surface area contributed by atoms with Crippen molar-refractivity contribution in [3.8, 4) is 5.75 Å². The first kappa shape index (κ1) is 14.3. The van der Waals surface area contributed by atoms with Crippen molar-refractivity contribution < 1.29 is 13.2 Å². The maximum Gasteiger partial charge on any atom is 0.243 e. The maximum absolute atomic E-state index is 12.4. The lowest BCUT2D eigenvalue weighted by atomic mass is 10.3. The van der Waals surface area contributed by atoms with Crippen LogP contribution in [0.2, 0.25) is 0 Å². The minimum Gasteiger partial charge on any atom is -0.494 e. The van der Waals surface area contributed by atoms with Gasteiger partial charge in [-0.05, 0) is 44.7 Å². The number of ether oxygens (including phenoxy) is 1. The van der Waals surface area contributed by atoms with Crippen molar-refractivity contribution in [3.05, 3.63) is 24.3 Å². The SMILES string of the molecule is CCOc1ccc(S(=O)(=O)N2CCC(NC)C2)cc1. The molecule has 5 nitrogen and oxygen atoms in total. The third-order valence-corrected chi connectivity index (χ3v) is 5.21. The number of likely N-dealkylation sites (N-methyl/N-ethyl adjacent to an activating group) is 1. The van der Waals surface area contributed by atoms with Crippen molar-refractivity contribution in [2.75, 3.05) is 26.7 Å². The molecule has 106 valence electrons. The quantitative estimate of drug-likeness (QED) is 0.878. The molecule has 0 amide bonds. The summed E-state index contributed by atoms with van der Waals surface area (Å²) in [4.78, 5) is 0.327. The monoisotopic (exact) mass is 284 g/mol. The first-order valence-electron chi connectivity index (χ1n) is 6.48. The molecule has 0 bridgehead atoms. The Morgan fingerprint density at radius 2 is 2.05 bits per heavy atom. The number of nitrogens with one attached hydrogen (secondary N) is 1. The van der Waals surface area contributed by atoms with Gasteiger partial charge in [0.25, 0.3) is 0 Å². The van der Waals surface area contributed by atoms with Gasteiger partial charge in [-0.2, -0.15) is 4.31 Å². The van der Waals surface area contributed by atoms with E-state index in [2.05, 4.69) is 5.32 Å². The Morgan fingerprint density at radius 1 is 1.37 bits per heavy atom. The summed E-state index contributed by atoms with van der Waals surface area (Å²) in [6.45, 7) is 3.57. The molecule has 1 aromatic rings. The van der Waals surface area contributed by atoms with E-state index in [1.807, 2.05) is 14.0 Å². The molecule has 2 rings (SSSR count). The Morgan fingerprint density at radius 3 is 2.58 bits per heavy atom. The molecule has 1 atom stereocenters. The van der Waals surface area contributed by atoms with Gasteiger partial charge in [-0.25, -0.2) is 8.42 Å². The highest BCUT2D eigenvalue weighted by Gasteiger charge is 2.31. The third-order valence-electron chi connectivity index (χ3n) is 3.33. The average Bonchev–Trinajstić information content (AvgIpc) is 2.89. The second kappa shape index (κ2) is 5.90. The van der Waals surface area contributed by atoms with E-state index in [0.717, 1.165) is 6.42 Å². The Balaban J connectivity index is 2.15. The molecule has 1 heterocycles. The van der Waals surface area contributed by atoms with Crippen LogP contribution in [0.15, 0.2) is 29.2 Å². The van der Waals surface area contributed by atoms with E-state index in [4.69, 9.17) is 4.74 Å². The summed E-state index contributed by atoms with van der Waals surface area (Å²) in [5.41, 5.74) is 0. The van der Waals surface area contributed by atoms with E-state index < -0.39 is 10.0 Å². The second-order valence-corrected chi connectivity index (χ2v) is 6.48. The normalized spacial score (nSPS) is 20.6. The van der Waals surface area contributed by atoms with Crippen molar-refractivity contribution in [1.82, 2.24) is 9.62 Å². The van der Waals surface area contributed by atoms with Gasteiger partial charge in [0.05, 0.1) is 11.5 Å². The molecule has 0 radical (unpaired) electrons. The van der Waals surface area contributed by atoms with Crippen molar-refractivity contribution in [3.63, 3.8) is 0 Å². The summed E-state index contributed by atoms with van der Waals surface area (Å²) in [5, 5.41) is 3.12. The van der Waals surface area contributed by atoms with Crippen molar-refractivity contribution in [2.24, 2.45) is 0 Å². The molecule has 0 aliphatic carbocycles. The van der Waals surface area contributed by atoms with Crippen LogP contribution in [0.1, 0.15) is 13.3 Å². The largest absolute Gasteiger partial charge is 0.494 e. The average molecular weight is 284 g/mol. The number of hydrogen-bond donors (Lipinski definition) is 1. The summed E-state index contributed by atoms with van der Waals surface area (Å²) < 4.78 is 31.7. The van der Waals surface area contributed by atoms with Gasteiger partial charge in [-0.15, -0.1) is 0 Å². The number of nitrogens with zero attached hydrogens (tertiary/aromatic N) is 1. The maximum atomic E-state index is 12.4. The van der Waals surface area contributed by atoms with Gasteiger partial charge in [-0.1, -0.05) is 0 Å². The lowest BCUT2D eigenvalue weighted by Gasteiger charge is -2.16. The van der Waals surface area contributed by atoms with E-state index in [1.54, 1.807) is 24.3 Å². The van der Waals surface area contributed by atoms with Gasteiger partial charge < -0.3 is 10.1 Å². The Hall–Kier alpha value is -1.11. The van der Waals surface area contributed by atoms with Crippen LogP contribution in [-0.2, 0) is 10.0 Å². The summed E-state index contributed by atoms with van der Waals surface area (Å²) in [6, 6.07) is 6.85. The molecule has 1 N–H and O–H groups in total. The molecule has 1 aliphatic heterocycles. The van der Waals surface area contributed by atoms with Gasteiger partial charge in [0, 0.05) is 19.1 Å². The molecule has 1 fully saturated rings. The second-order valence-electron chi connectivity index (χ2n) is 4.54. The van der Waals surface area contributed by atoms with E-state index in [1.165, 1.54) is 4.31 Å². The van der Waals surface area contributed by atoms with E-state index in [9.17, 15) is 8.42 Å². The fourth-order valence-corrected chi connectivity index (χ4v) is 3.71. The number of rotatable bonds is 5. The molecule has 19 heavy (non-hydrogen) atoms. The fraction of sp³-hybridized carbons (Fsp3) is 0.538. The minimum atomic E-state index is -3.38. The Bertz CT molecular complexity index is 513. The highest BCUT2D eigenvalue weighted by Crippen LogP contribution is 2.23. The van der Waals surface area contributed by atoms with Crippen LogP contribution < -0.4 is 10.1 Å². The molecule has 1 aliphatic rings. The molecule has 1 unspecified atom stereocenters. The molecule has 6 heteroatoms. The van der Waals surface area contributed by atoms with Crippen LogP contribution in [0.25, 0.3) is 0 Å². The highest BCUT2D eigenvalue weighted by molar-refractivity contribution is 7.89. The topological polar surface area (TPSA) is 58.6 Å². The summed E-state index contributed by atoms with van der Waals surface area (Å²) >= 11 is 0. The first-order valence-corrected chi connectivity index (χ1v) is 7.92. The molecular formula is C13H20N2O3S. The first-order chi connectivity index (χ1) is 9.07. The van der Waals surface area contributed by atoms with Crippen molar-refractivity contribution in [1.29, 1.82) is 0 Å². The molecule has 1 saturated heterocycles. The van der Waals surface area contributed by atoms with Crippen LogP contribution in [0, 0.1) is 0 Å². The zero-order valence-corrected chi connectivity index (χ0v) is 12.1. The zero-order chi connectivity index (χ0) is 13.9. The van der Waals surface area contributed by atoms with Crippen LogP contribution in [0.4, 0.5) is 0 Å². The van der Waals surface area contributed by atoms with Gasteiger partial charge in [0.1, 0.15) is 5.75 Å². The van der Waals surface area contributed by atoms with Crippen molar-refractivity contribution in [2.45, 2.75) is 24.3 Å². The van der Waals surface area contributed by atoms with Gasteiger partial charge >= 0.3 is 0 Å². The lowest BCUT2D eigenvalue weighted by molar-refractivity contribution is 0.340. The smallest absolute Gasteiger partial charge is 0.243 e. The minimum absolute atomic E-state index is 0.248.